The van der Waals surface area contributed by atoms with Crippen molar-refractivity contribution in [2.24, 2.45) is 5.92 Å². The van der Waals surface area contributed by atoms with Gasteiger partial charge in [-0.05, 0) is 29.9 Å². The third-order valence-electron chi connectivity index (χ3n) is 2.85. The van der Waals surface area contributed by atoms with Gasteiger partial charge in [0, 0.05) is 11.4 Å². The molecule has 0 amide bonds. The molecule has 96 valence electrons. The normalized spacial score (nSPS) is 14.1. The molecule has 0 saturated heterocycles. The van der Waals surface area contributed by atoms with Crippen molar-refractivity contribution >= 4 is 11.6 Å². The van der Waals surface area contributed by atoms with E-state index in [1.165, 1.54) is 0 Å². The molecule has 1 rings (SSSR count). The average Bonchev–Trinajstić information content (AvgIpc) is 2.18. The molecule has 1 unspecified atom stereocenters. The van der Waals surface area contributed by atoms with Gasteiger partial charge in [-0.15, -0.1) is 0 Å². The summed E-state index contributed by atoms with van der Waals surface area (Å²) in [5, 5.41) is 0.549. The lowest BCUT2D eigenvalue weighted by molar-refractivity contribution is -0.136. The van der Waals surface area contributed by atoms with Crippen molar-refractivity contribution in [1.29, 1.82) is 0 Å². The summed E-state index contributed by atoms with van der Waals surface area (Å²) < 4.78 is 36.8. The summed E-state index contributed by atoms with van der Waals surface area (Å²) in [5.74, 6) is -0.0115. The van der Waals surface area contributed by atoms with Crippen LogP contribution in [0.2, 0.25) is 5.02 Å². The molecule has 0 radical (unpaired) electrons. The van der Waals surface area contributed by atoms with Gasteiger partial charge in [0.2, 0.25) is 0 Å². The first-order valence-corrected chi connectivity index (χ1v) is 6.00. The zero-order chi connectivity index (χ0) is 13.1. The highest BCUT2D eigenvalue weighted by molar-refractivity contribution is 6.31. The Morgan fingerprint density at radius 1 is 1.18 bits per heavy atom. The van der Waals surface area contributed by atoms with E-state index in [0.717, 1.165) is 5.56 Å². The highest BCUT2D eigenvalue weighted by Gasteiger charge is 2.30. The van der Waals surface area contributed by atoms with Crippen LogP contribution in [0.4, 0.5) is 13.2 Å². The number of alkyl halides is 3. The summed E-state index contributed by atoms with van der Waals surface area (Å²) in [5.41, 5.74) is 0.813. The monoisotopic (exact) mass is 264 g/mol. The van der Waals surface area contributed by atoms with Crippen molar-refractivity contribution in [3.63, 3.8) is 0 Å². The minimum atomic E-state index is -4.10. The Kier molecular flexibility index (Phi) is 4.87. The highest BCUT2D eigenvalue weighted by Crippen LogP contribution is 2.36. The second-order valence-corrected chi connectivity index (χ2v) is 4.93. The van der Waals surface area contributed by atoms with Crippen LogP contribution in [0.3, 0.4) is 0 Å². The van der Waals surface area contributed by atoms with Crippen LogP contribution >= 0.6 is 11.6 Å². The van der Waals surface area contributed by atoms with Crippen LogP contribution in [0.5, 0.6) is 0 Å². The van der Waals surface area contributed by atoms with Gasteiger partial charge in [-0.1, -0.05) is 43.6 Å². The zero-order valence-electron chi connectivity index (χ0n) is 9.89. The van der Waals surface area contributed by atoms with Gasteiger partial charge in [0.05, 0.1) is 0 Å². The lowest BCUT2D eigenvalue weighted by Crippen LogP contribution is -2.14. The van der Waals surface area contributed by atoms with Crippen molar-refractivity contribution in [3.8, 4) is 0 Å². The number of rotatable bonds is 4. The minimum absolute atomic E-state index is 0.0882. The van der Waals surface area contributed by atoms with Crippen LogP contribution in [0.25, 0.3) is 0 Å². The maximum absolute atomic E-state index is 12.3. The smallest absolute Gasteiger partial charge is 0.171 e. The van der Waals surface area contributed by atoms with Gasteiger partial charge in [0.15, 0.2) is 0 Å². The molecule has 0 bridgehead atoms. The predicted octanol–water partition coefficient (Wildman–Crippen LogP) is 5.42. The van der Waals surface area contributed by atoms with E-state index >= 15 is 0 Å². The molecule has 0 fully saturated rings. The number of halogens is 4. The summed E-state index contributed by atoms with van der Waals surface area (Å²) in [6.07, 6.45) is -4.78. The van der Waals surface area contributed by atoms with Gasteiger partial charge >= 0.3 is 6.18 Å². The van der Waals surface area contributed by atoms with E-state index in [4.69, 9.17) is 11.6 Å². The first kappa shape index (κ1) is 14.4. The maximum atomic E-state index is 12.3. The predicted molar refractivity (Wildman–Crippen MR) is 64.3 cm³/mol. The summed E-state index contributed by atoms with van der Waals surface area (Å²) in [6.45, 7) is 3.84. The lowest BCUT2D eigenvalue weighted by atomic mass is 9.85. The van der Waals surface area contributed by atoms with Crippen molar-refractivity contribution in [2.45, 2.75) is 38.8 Å². The molecule has 1 aromatic rings. The van der Waals surface area contributed by atoms with E-state index in [2.05, 4.69) is 0 Å². The molecule has 0 heterocycles. The standard InChI is InChI=1S/C13H16ClF3/c1-9(2)10(7-8-13(15,16)17)11-5-3-4-6-12(11)14/h3-6,9-10H,7-8H2,1-2H3. The van der Waals surface area contributed by atoms with Crippen molar-refractivity contribution in [2.75, 3.05) is 0 Å². The van der Waals surface area contributed by atoms with E-state index in [0.29, 0.717) is 5.02 Å². The van der Waals surface area contributed by atoms with E-state index in [1.54, 1.807) is 12.1 Å². The fourth-order valence-electron chi connectivity index (χ4n) is 1.94. The van der Waals surface area contributed by atoms with Crippen LogP contribution in [0.1, 0.15) is 38.2 Å². The molecular weight excluding hydrogens is 249 g/mol. The van der Waals surface area contributed by atoms with E-state index < -0.39 is 12.6 Å². The summed E-state index contributed by atoms with van der Waals surface area (Å²) in [6, 6.07) is 7.13. The first-order valence-electron chi connectivity index (χ1n) is 5.62. The first-order chi connectivity index (χ1) is 7.81. The summed E-state index contributed by atoms with van der Waals surface area (Å²) in [4.78, 5) is 0. The van der Waals surface area contributed by atoms with Crippen LogP contribution in [-0.4, -0.2) is 6.18 Å². The fraction of sp³-hybridized carbons (Fsp3) is 0.538. The lowest BCUT2D eigenvalue weighted by Gasteiger charge is -2.23. The van der Waals surface area contributed by atoms with Gasteiger partial charge in [-0.25, -0.2) is 0 Å². The molecule has 0 N–H and O–H groups in total. The fourth-order valence-corrected chi connectivity index (χ4v) is 2.22. The molecule has 0 aromatic heterocycles. The Morgan fingerprint density at radius 3 is 2.24 bits per heavy atom. The molecule has 0 aliphatic rings. The highest BCUT2D eigenvalue weighted by atomic mass is 35.5. The SMILES string of the molecule is CC(C)C(CCC(F)(F)F)c1ccccc1Cl. The second-order valence-electron chi connectivity index (χ2n) is 4.53. The molecule has 1 atom stereocenters. The summed E-state index contributed by atoms with van der Waals surface area (Å²) >= 11 is 6.03. The van der Waals surface area contributed by atoms with Crippen molar-refractivity contribution in [1.82, 2.24) is 0 Å². The molecule has 0 spiro atoms. The minimum Gasteiger partial charge on any atom is -0.171 e. The number of hydrogen-bond donors (Lipinski definition) is 0. The van der Waals surface area contributed by atoms with Gasteiger partial charge in [-0.3, -0.25) is 0 Å². The van der Waals surface area contributed by atoms with E-state index in [1.807, 2.05) is 26.0 Å². The zero-order valence-corrected chi connectivity index (χ0v) is 10.6. The molecule has 0 aliphatic heterocycles. The van der Waals surface area contributed by atoms with Gasteiger partial charge in [0.25, 0.3) is 0 Å². The van der Waals surface area contributed by atoms with Gasteiger partial charge in [-0.2, -0.15) is 13.2 Å². The van der Waals surface area contributed by atoms with Gasteiger partial charge in [0.1, 0.15) is 0 Å². The van der Waals surface area contributed by atoms with Crippen molar-refractivity contribution < 1.29 is 13.2 Å². The van der Waals surface area contributed by atoms with Gasteiger partial charge < -0.3 is 0 Å². The number of hydrogen-bond acceptors (Lipinski definition) is 0. The Morgan fingerprint density at radius 2 is 1.76 bits per heavy atom. The molecule has 1 aromatic carbocycles. The van der Waals surface area contributed by atoms with Crippen LogP contribution in [0, 0.1) is 5.92 Å². The third-order valence-corrected chi connectivity index (χ3v) is 3.19. The van der Waals surface area contributed by atoms with Crippen LogP contribution in [0.15, 0.2) is 24.3 Å². The molecule has 0 nitrogen and oxygen atoms in total. The topological polar surface area (TPSA) is 0 Å². The van der Waals surface area contributed by atoms with E-state index in [9.17, 15) is 13.2 Å². The maximum Gasteiger partial charge on any atom is 0.389 e. The second kappa shape index (κ2) is 5.76. The van der Waals surface area contributed by atoms with E-state index in [-0.39, 0.29) is 18.3 Å². The Labute approximate surface area is 105 Å². The Hall–Kier alpha value is -0.700. The Balaban J connectivity index is 2.84. The molecular formula is C13H16ClF3. The Bertz CT molecular complexity index is 358. The van der Waals surface area contributed by atoms with Crippen LogP contribution in [-0.2, 0) is 0 Å². The quantitative estimate of drug-likeness (QED) is 0.681. The largest absolute Gasteiger partial charge is 0.389 e. The van der Waals surface area contributed by atoms with Crippen LogP contribution < -0.4 is 0 Å². The number of benzene rings is 1. The molecule has 0 aliphatic carbocycles. The molecule has 4 heteroatoms. The average molecular weight is 265 g/mol. The summed E-state index contributed by atoms with van der Waals surface area (Å²) in [7, 11) is 0. The van der Waals surface area contributed by atoms with Crippen molar-refractivity contribution in [3.05, 3.63) is 34.9 Å². The molecule has 17 heavy (non-hydrogen) atoms. The molecule has 0 saturated carbocycles. The third kappa shape index (κ3) is 4.58.